The molecule has 0 aliphatic heterocycles. The summed E-state index contributed by atoms with van der Waals surface area (Å²) in [6, 6.07) is 12.5. The molecule has 0 aliphatic rings. The Bertz CT molecular complexity index is 458. The quantitative estimate of drug-likeness (QED) is 0.690. The first kappa shape index (κ1) is 8.52. The van der Waals surface area contributed by atoms with E-state index in [1.165, 1.54) is 16.3 Å². The van der Waals surface area contributed by atoms with Crippen LogP contribution in [0.4, 0.5) is 0 Å². The minimum Gasteiger partial charge on any atom is -0.0984 e. The molecule has 0 spiro atoms. The van der Waals surface area contributed by atoms with Gasteiger partial charge in [-0.15, -0.1) is 0 Å². The fraction of sp³-hybridized carbons (Fsp3) is 0. The third kappa shape index (κ3) is 1.52. The van der Waals surface area contributed by atoms with Gasteiger partial charge in [0.05, 0.1) is 0 Å². The molecule has 0 radical (unpaired) electrons. The van der Waals surface area contributed by atoms with Crippen LogP contribution in [0, 0.1) is 0 Å². The van der Waals surface area contributed by atoms with Crippen LogP contribution in [0.15, 0.2) is 47.4 Å². The maximum Gasteiger partial charge on any atom is 0.0181 e. The Kier molecular flexibility index (Phi) is 2.19. The van der Waals surface area contributed by atoms with Crippen molar-refractivity contribution in [3.8, 4) is 0 Å². The second-order valence-corrected chi connectivity index (χ2v) is 3.83. The van der Waals surface area contributed by atoms with Crippen LogP contribution in [0.1, 0.15) is 5.56 Å². The zero-order valence-electron chi connectivity index (χ0n) is 7.13. The van der Waals surface area contributed by atoms with E-state index in [0.29, 0.717) is 0 Å². The second kappa shape index (κ2) is 3.35. The lowest BCUT2D eigenvalue weighted by atomic mass is 10.1. The molecule has 0 unspecified atom stereocenters. The standard InChI is InChI=1S/C12H9Br/c1-2-9-4-3-5-10-8-11(13)6-7-12(9)10/h2-8H,1H2. The minimum atomic E-state index is 1.11. The van der Waals surface area contributed by atoms with Crippen LogP contribution in [-0.2, 0) is 0 Å². The molecule has 0 amide bonds. The molecule has 13 heavy (non-hydrogen) atoms. The van der Waals surface area contributed by atoms with E-state index in [9.17, 15) is 0 Å². The van der Waals surface area contributed by atoms with E-state index in [1.807, 2.05) is 12.1 Å². The lowest BCUT2D eigenvalue weighted by molar-refractivity contribution is 1.68. The van der Waals surface area contributed by atoms with Gasteiger partial charge in [-0.3, -0.25) is 0 Å². The SMILES string of the molecule is C=Cc1cccc2cc(Br)ccc12. The number of fused-ring (bicyclic) bond motifs is 1. The molecule has 0 bridgehead atoms. The molecule has 1 heteroatoms. The maximum absolute atomic E-state index is 3.79. The minimum absolute atomic E-state index is 1.11. The largest absolute Gasteiger partial charge is 0.0984 e. The summed E-state index contributed by atoms with van der Waals surface area (Å²) < 4.78 is 1.11. The zero-order valence-corrected chi connectivity index (χ0v) is 8.71. The highest BCUT2D eigenvalue weighted by Crippen LogP contribution is 2.23. The molecule has 0 saturated carbocycles. The van der Waals surface area contributed by atoms with Crippen LogP contribution in [0.2, 0.25) is 0 Å². The van der Waals surface area contributed by atoms with E-state index in [-0.39, 0.29) is 0 Å². The summed E-state index contributed by atoms with van der Waals surface area (Å²) in [5.74, 6) is 0. The van der Waals surface area contributed by atoms with Gasteiger partial charge in [-0.1, -0.05) is 52.9 Å². The molecule has 0 atom stereocenters. The van der Waals surface area contributed by atoms with Crippen molar-refractivity contribution in [2.45, 2.75) is 0 Å². The van der Waals surface area contributed by atoms with E-state index >= 15 is 0 Å². The van der Waals surface area contributed by atoms with Crippen LogP contribution in [0.5, 0.6) is 0 Å². The molecule has 64 valence electrons. The smallest absolute Gasteiger partial charge is 0.0181 e. The van der Waals surface area contributed by atoms with Crippen LogP contribution in [-0.4, -0.2) is 0 Å². The Labute approximate surface area is 86.0 Å². The fourth-order valence-electron chi connectivity index (χ4n) is 1.46. The lowest BCUT2D eigenvalue weighted by Crippen LogP contribution is -1.77. The van der Waals surface area contributed by atoms with Crippen LogP contribution in [0.3, 0.4) is 0 Å². The van der Waals surface area contributed by atoms with Gasteiger partial charge >= 0.3 is 0 Å². The van der Waals surface area contributed by atoms with Gasteiger partial charge < -0.3 is 0 Å². The van der Waals surface area contributed by atoms with E-state index in [0.717, 1.165) is 4.47 Å². The molecule has 0 N–H and O–H groups in total. The van der Waals surface area contributed by atoms with Gasteiger partial charge in [-0.2, -0.15) is 0 Å². The van der Waals surface area contributed by atoms with Crippen molar-refractivity contribution in [3.63, 3.8) is 0 Å². The van der Waals surface area contributed by atoms with Crippen LogP contribution >= 0.6 is 15.9 Å². The monoisotopic (exact) mass is 232 g/mol. The van der Waals surface area contributed by atoms with Gasteiger partial charge in [-0.25, -0.2) is 0 Å². The third-order valence-electron chi connectivity index (χ3n) is 2.10. The fourth-order valence-corrected chi connectivity index (χ4v) is 1.84. The molecule has 2 aromatic rings. The number of hydrogen-bond acceptors (Lipinski definition) is 0. The molecular weight excluding hydrogens is 224 g/mol. The highest BCUT2D eigenvalue weighted by atomic mass is 79.9. The van der Waals surface area contributed by atoms with E-state index in [1.54, 1.807) is 0 Å². The Hall–Kier alpha value is -1.08. The number of benzene rings is 2. The van der Waals surface area contributed by atoms with Gasteiger partial charge in [-0.05, 0) is 28.5 Å². The van der Waals surface area contributed by atoms with Crippen LogP contribution in [0.25, 0.3) is 16.8 Å². The first-order valence-corrected chi connectivity index (χ1v) is 4.91. The van der Waals surface area contributed by atoms with E-state index in [4.69, 9.17) is 0 Å². The normalized spacial score (nSPS) is 10.2. The first-order valence-electron chi connectivity index (χ1n) is 4.12. The average molecular weight is 233 g/mol. The summed E-state index contributed by atoms with van der Waals surface area (Å²) in [5, 5.41) is 2.49. The van der Waals surface area contributed by atoms with Crippen molar-refractivity contribution in [3.05, 3.63) is 53.0 Å². The van der Waals surface area contributed by atoms with Gasteiger partial charge in [0.1, 0.15) is 0 Å². The maximum atomic E-state index is 3.79. The van der Waals surface area contributed by atoms with Crippen molar-refractivity contribution in [2.24, 2.45) is 0 Å². The van der Waals surface area contributed by atoms with Gasteiger partial charge in [0.2, 0.25) is 0 Å². The summed E-state index contributed by atoms with van der Waals surface area (Å²) in [4.78, 5) is 0. The van der Waals surface area contributed by atoms with Crippen molar-refractivity contribution in [1.82, 2.24) is 0 Å². The number of hydrogen-bond donors (Lipinski definition) is 0. The summed E-state index contributed by atoms with van der Waals surface area (Å²) in [5.41, 5.74) is 1.19. The molecule has 0 fully saturated rings. The topological polar surface area (TPSA) is 0 Å². The van der Waals surface area contributed by atoms with Crippen molar-refractivity contribution in [1.29, 1.82) is 0 Å². The molecule has 0 aliphatic carbocycles. The molecule has 0 aromatic heterocycles. The number of halogens is 1. The van der Waals surface area contributed by atoms with Crippen LogP contribution < -0.4 is 0 Å². The molecule has 2 rings (SSSR count). The molecule has 2 aromatic carbocycles. The average Bonchev–Trinajstić information content (AvgIpc) is 2.16. The van der Waals surface area contributed by atoms with Gasteiger partial charge in [0, 0.05) is 4.47 Å². The predicted molar refractivity (Wildman–Crippen MR) is 61.7 cm³/mol. The van der Waals surface area contributed by atoms with Crippen molar-refractivity contribution >= 4 is 32.8 Å². The number of rotatable bonds is 1. The molecule has 0 nitrogen and oxygen atoms in total. The lowest BCUT2D eigenvalue weighted by Gasteiger charge is -2.01. The highest BCUT2D eigenvalue weighted by molar-refractivity contribution is 9.10. The molecular formula is C12H9Br. The van der Waals surface area contributed by atoms with E-state index < -0.39 is 0 Å². The third-order valence-corrected chi connectivity index (χ3v) is 2.59. The summed E-state index contributed by atoms with van der Waals surface area (Å²) in [6.07, 6.45) is 1.89. The van der Waals surface area contributed by atoms with Gasteiger partial charge in [0.15, 0.2) is 0 Å². The highest BCUT2D eigenvalue weighted by Gasteiger charge is 1.96. The Morgan fingerprint density at radius 2 is 2.00 bits per heavy atom. The molecule has 0 heterocycles. The predicted octanol–water partition coefficient (Wildman–Crippen LogP) is 4.25. The summed E-state index contributed by atoms with van der Waals surface area (Å²) in [6.45, 7) is 3.79. The van der Waals surface area contributed by atoms with Crippen molar-refractivity contribution in [2.75, 3.05) is 0 Å². The molecule has 0 saturated heterocycles. The summed E-state index contributed by atoms with van der Waals surface area (Å²) in [7, 11) is 0. The first-order chi connectivity index (χ1) is 6.31. The Balaban J connectivity index is 2.84. The summed E-state index contributed by atoms with van der Waals surface area (Å²) >= 11 is 3.45. The van der Waals surface area contributed by atoms with Gasteiger partial charge in [0.25, 0.3) is 0 Å². The van der Waals surface area contributed by atoms with E-state index in [2.05, 4.69) is 52.8 Å². The zero-order chi connectivity index (χ0) is 9.26. The second-order valence-electron chi connectivity index (χ2n) is 2.92. The Morgan fingerprint density at radius 3 is 2.77 bits per heavy atom. The van der Waals surface area contributed by atoms with Crippen molar-refractivity contribution < 1.29 is 0 Å². The Morgan fingerprint density at radius 1 is 1.15 bits per heavy atom.